The van der Waals surface area contributed by atoms with Gasteiger partial charge in [0.15, 0.2) is 0 Å². The van der Waals surface area contributed by atoms with Gasteiger partial charge in [0.25, 0.3) is 0 Å². The molecule has 4 nitrogen and oxygen atoms in total. The predicted octanol–water partition coefficient (Wildman–Crippen LogP) is 1.67. The van der Waals surface area contributed by atoms with Crippen molar-refractivity contribution in [3.63, 3.8) is 0 Å². The van der Waals surface area contributed by atoms with Gasteiger partial charge in [0.05, 0.1) is 0 Å². The number of amides is 2. The van der Waals surface area contributed by atoms with E-state index in [1.54, 1.807) is 0 Å². The van der Waals surface area contributed by atoms with Crippen LogP contribution in [0, 0.1) is 0 Å². The van der Waals surface area contributed by atoms with Gasteiger partial charge in [-0.3, -0.25) is 9.59 Å². The van der Waals surface area contributed by atoms with Gasteiger partial charge in [-0.1, -0.05) is 29.8 Å². The maximum absolute atomic E-state index is 11.8. The maximum Gasteiger partial charge on any atom is 0.242 e. The van der Waals surface area contributed by atoms with Gasteiger partial charge in [0.2, 0.25) is 11.8 Å². The van der Waals surface area contributed by atoms with Crippen LogP contribution in [0.4, 0.5) is 0 Å². The fraction of sp³-hybridized carbons (Fsp3) is 0.429. The quantitative estimate of drug-likeness (QED) is 0.881. The van der Waals surface area contributed by atoms with E-state index in [4.69, 9.17) is 11.6 Å². The number of hydrogen-bond acceptors (Lipinski definition) is 2. The first-order valence-electron chi connectivity index (χ1n) is 6.47. The zero-order valence-corrected chi connectivity index (χ0v) is 11.4. The third-order valence-corrected chi connectivity index (χ3v) is 3.57. The molecule has 1 fully saturated rings. The summed E-state index contributed by atoms with van der Waals surface area (Å²) in [5.41, 5.74) is 0.951. The van der Waals surface area contributed by atoms with Crippen molar-refractivity contribution >= 4 is 23.4 Å². The van der Waals surface area contributed by atoms with Gasteiger partial charge in [0.1, 0.15) is 6.04 Å². The lowest BCUT2D eigenvalue weighted by molar-refractivity contribution is -0.130. The normalized spacial score (nSPS) is 18.8. The average Bonchev–Trinajstić information content (AvgIpc) is 2.40. The van der Waals surface area contributed by atoms with Gasteiger partial charge in [-0.2, -0.15) is 0 Å². The lowest BCUT2D eigenvalue weighted by atomic mass is 10.1. The zero-order chi connectivity index (χ0) is 13.7. The molecule has 102 valence electrons. The van der Waals surface area contributed by atoms with Gasteiger partial charge < -0.3 is 10.6 Å². The van der Waals surface area contributed by atoms with Crippen LogP contribution in [0.1, 0.15) is 24.8 Å². The fourth-order valence-corrected chi connectivity index (χ4v) is 2.36. The summed E-state index contributed by atoms with van der Waals surface area (Å²) in [6, 6.07) is 7.09. The van der Waals surface area contributed by atoms with Crippen LogP contribution in [0.25, 0.3) is 0 Å². The zero-order valence-electron chi connectivity index (χ0n) is 10.6. The molecular formula is C14H17ClN2O2. The van der Waals surface area contributed by atoms with E-state index in [0.717, 1.165) is 12.0 Å². The van der Waals surface area contributed by atoms with Crippen LogP contribution >= 0.6 is 11.6 Å². The molecule has 19 heavy (non-hydrogen) atoms. The summed E-state index contributed by atoms with van der Waals surface area (Å²) in [4.78, 5) is 23.3. The molecule has 0 saturated carbocycles. The molecular weight excluding hydrogens is 264 g/mol. The Hall–Kier alpha value is -1.55. The third kappa shape index (κ3) is 3.96. The van der Waals surface area contributed by atoms with Crippen molar-refractivity contribution in [2.75, 3.05) is 6.54 Å². The summed E-state index contributed by atoms with van der Waals surface area (Å²) in [6.45, 7) is 0.699. The van der Waals surface area contributed by atoms with Crippen molar-refractivity contribution in [1.82, 2.24) is 10.6 Å². The highest BCUT2D eigenvalue weighted by Gasteiger charge is 2.23. The van der Waals surface area contributed by atoms with E-state index in [-0.39, 0.29) is 17.9 Å². The van der Waals surface area contributed by atoms with Gasteiger partial charge in [-0.15, -0.1) is 0 Å². The van der Waals surface area contributed by atoms with Gasteiger partial charge in [-0.05, 0) is 30.9 Å². The minimum atomic E-state index is -0.382. The molecule has 0 unspecified atom stereocenters. The average molecular weight is 281 g/mol. The lowest BCUT2D eigenvalue weighted by Crippen LogP contribution is -2.50. The molecule has 1 atom stereocenters. The molecule has 1 heterocycles. The van der Waals surface area contributed by atoms with Crippen molar-refractivity contribution in [3.05, 3.63) is 34.9 Å². The first-order valence-corrected chi connectivity index (χ1v) is 6.85. The van der Waals surface area contributed by atoms with Crippen LogP contribution in [0.15, 0.2) is 24.3 Å². The molecule has 1 aliphatic heterocycles. The smallest absolute Gasteiger partial charge is 0.242 e. The number of benzene rings is 1. The van der Waals surface area contributed by atoms with Gasteiger partial charge in [0, 0.05) is 18.0 Å². The molecule has 1 aromatic carbocycles. The Labute approximate surface area is 117 Å². The number of rotatable bonds is 4. The Morgan fingerprint density at radius 3 is 2.95 bits per heavy atom. The minimum Gasteiger partial charge on any atom is -0.354 e. The summed E-state index contributed by atoms with van der Waals surface area (Å²) in [5, 5.41) is 6.18. The SMILES string of the molecule is O=C(CCc1ccccc1Cl)N[C@@H]1CCCNC1=O. The topological polar surface area (TPSA) is 58.2 Å². The molecule has 5 heteroatoms. The van der Waals surface area contributed by atoms with E-state index in [9.17, 15) is 9.59 Å². The number of carbonyl (C=O) groups excluding carboxylic acids is 2. The van der Waals surface area contributed by atoms with Crippen molar-refractivity contribution in [1.29, 1.82) is 0 Å². The van der Waals surface area contributed by atoms with E-state index in [2.05, 4.69) is 10.6 Å². The second kappa shape index (κ2) is 6.57. The second-order valence-corrected chi connectivity index (χ2v) is 5.05. The molecule has 2 rings (SSSR count). The number of nitrogens with one attached hydrogen (secondary N) is 2. The largest absolute Gasteiger partial charge is 0.354 e. The molecule has 2 N–H and O–H groups in total. The molecule has 0 bridgehead atoms. The molecule has 0 aromatic heterocycles. The Bertz CT molecular complexity index is 476. The maximum atomic E-state index is 11.8. The summed E-state index contributed by atoms with van der Waals surface area (Å²) >= 11 is 6.03. The summed E-state index contributed by atoms with van der Waals surface area (Å²) in [5.74, 6) is -0.195. The summed E-state index contributed by atoms with van der Waals surface area (Å²) in [7, 11) is 0. The monoisotopic (exact) mass is 280 g/mol. The molecule has 1 saturated heterocycles. The van der Waals surface area contributed by atoms with Crippen molar-refractivity contribution < 1.29 is 9.59 Å². The van der Waals surface area contributed by atoms with Gasteiger partial charge >= 0.3 is 0 Å². The second-order valence-electron chi connectivity index (χ2n) is 4.64. The Morgan fingerprint density at radius 1 is 1.42 bits per heavy atom. The highest BCUT2D eigenvalue weighted by atomic mass is 35.5. The van der Waals surface area contributed by atoms with E-state index in [0.29, 0.717) is 30.8 Å². The number of carbonyl (C=O) groups is 2. The molecule has 0 radical (unpaired) electrons. The number of halogens is 1. The van der Waals surface area contributed by atoms with Crippen LogP contribution in [-0.4, -0.2) is 24.4 Å². The fourth-order valence-electron chi connectivity index (χ4n) is 2.13. The van der Waals surface area contributed by atoms with Crippen LogP contribution < -0.4 is 10.6 Å². The van der Waals surface area contributed by atoms with Crippen molar-refractivity contribution in [3.8, 4) is 0 Å². The number of piperidine rings is 1. The Kier molecular flexibility index (Phi) is 4.80. The van der Waals surface area contributed by atoms with Crippen molar-refractivity contribution in [2.45, 2.75) is 31.7 Å². The predicted molar refractivity (Wildman–Crippen MR) is 73.9 cm³/mol. The standard InChI is InChI=1S/C14H17ClN2O2/c15-11-5-2-1-4-10(11)7-8-13(18)17-12-6-3-9-16-14(12)19/h1-2,4-5,12H,3,6-9H2,(H,16,19)(H,17,18)/t12-/m1/s1. The summed E-state index contributed by atoms with van der Waals surface area (Å²) < 4.78 is 0. The van der Waals surface area contributed by atoms with Crippen LogP contribution in [0.2, 0.25) is 5.02 Å². The molecule has 1 aromatic rings. The Morgan fingerprint density at radius 2 is 2.21 bits per heavy atom. The van der Waals surface area contributed by atoms with E-state index < -0.39 is 0 Å². The minimum absolute atomic E-state index is 0.0858. The first-order chi connectivity index (χ1) is 9.16. The third-order valence-electron chi connectivity index (χ3n) is 3.20. The van der Waals surface area contributed by atoms with E-state index in [1.807, 2.05) is 24.3 Å². The van der Waals surface area contributed by atoms with E-state index >= 15 is 0 Å². The van der Waals surface area contributed by atoms with Crippen LogP contribution in [0.5, 0.6) is 0 Å². The number of aryl methyl sites for hydroxylation is 1. The van der Waals surface area contributed by atoms with Crippen LogP contribution in [-0.2, 0) is 16.0 Å². The Balaban J connectivity index is 1.81. The molecule has 0 spiro atoms. The van der Waals surface area contributed by atoms with Crippen molar-refractivity contribution in [2.24, 2.45) is 0 Å². The highest BCUT2D eigenvalue weighted by molar-refractivity contribution is 6.31. The first kappa shape index (κ1) is 13.9. The molecule has 1 aliphatic rings. The number of hydrogen-bond donors (Lipinski definition) is 2. The van der Waals surface area contributed by atoms with Gasteiger partial charge in [-0.25, -0.2) is 0 Å². The molecule has 2 amide bonds. The van der Waals surface area contributed by atoms with E-state index in [1.165, 1.54) is 0 Å². The van der Waals surface area contributed by atoms with Crippen LogP contribution in [0.3, 0.4) is 0 Å². The summed E-state index contributed by atoms with van der Waals surface area (Å²) in [6.07, 6.45) is 2.54. The lowest BCUT2D eigenvalue weighted by Gasteiger charge is -2.22. The highest BCUT2D eigenvalue weighted by Crippen LogP contribution is 2.16. The molecule has 0 aliphatic carbocycles.